The molecule has 0 aromatic heterocycles. The largest absolute Gasteiger partial charge is 0.461 e. The van der Waals surface area contributed by atoms with Crippen molar-refractivity contribution in [3.63, 3.8) is 0 Å². The summed E-state index contributed by atoms with van der Waals surface area (Å²) in [5.41, 5.74) is 1.68. The van der Waals surface area contributed by atoms with Crippen molar-refractivity contribution >= 4 is 24.9 Å². The van der Waals surface area contributed by atoms with Gasteiger partial charge in [-0.15, -0.1) is 0 Å². The third-order valence-corrected chi connectivity index (χ3v) is 5.78. The van der Waals surface area contributed by atoms with Crippen molar-refractivity contribution in [1.82, 2.24) is 10.1 Å². The van der Waals surface area contributed by atoms with Crippen LogP contribution in [0.15, 0.2) is 60.7 Å². The Labute approximate surface area is 200 Å². The number of hydrogen-bond donors (Lipinski definition) is 2. The molecule has 1 amide bonds. The number of esters is 2. The van der Waals surface area contributed by atoms with Crippen molar-refractivity contribution in [2.75, 3.05) is 6.54 Å². The number of carbonyl (C=O) groups excluding carboxylic acids is 3. The number of rotatable bonds is 11. The van der Waals surface area contributed by atoms with Crippen LogP contribution in [0.1, 0.15) is 36.8 Å². The summed E-state index contributed by atoms with van der Waals surface area (Å²) in [6.45, 7) is 2.42. The molecule has 0 aliphatic carbocycles. The molecule has 2 aromatic carbocycles. The molecule has 1 aliphatic rings. The van der Waals surface area contributed by atoms with Gasteiger partial charge in [-0.25, -0.2) is 4.79 Å². The Morgan fingerprint density at radius 1 is 1.03 bits per heavy atom. The molecule has 2 aromatic rings. The lowest BCUT2D eigenvalue weighted by Gasteiger charge is -2.26. The quantitative estimate of drug-likeness (QED) is 0.387. The zero-order chi connectivity index (χ0) is 24.3. The molecule has 0 radical (unpaired) electrons. The van der Waals surface area contributed by atoms with Gasteiger partial charge < -0.3 is 24.6 Å². The highest BCUT2D eigenvalue weighted by atomic mass is 16.5. The smallest absolute Gasteiger partial charge is 0.377 e. The summed E-state index contributed by atoms with van der Waals surface area (Å²) in [5.74, 6) is -1.45. The first-order chi connectivity index (χ1) is 16.4. The van der Waals surface area contributed by atoms with Crippen LogP contribution < -0.4 is 5.32 Å². The molecular weight excluding hydrogens is 435 g/mol. The predicted molar refractivity (Wildman–Crippen MR) is 127 cm³/mol. The molecule has 0 saturated carbocycles. The molecular formula is C25H31BN2O6. The third kappa shape index (κ3) is 7.71. The fourth-order valence-corrected chi connectivity index (χ4v) is 3.94. The van der Waals surface area contributed by atoms with Crippen molar-refractivity contribution in [2.24, 2.45) is 0 Å². The summed E-state index contributed by atoms with van der Waals surface area (Å²) < 4.78 is 10.7. The highest BCUT2D eigenvalue weighted by molar-refractivity contribution is 6.45. The first kappa shape index (κ1) is 25.5. The average Bonchev–Trinajstić information content (AvgIpc) is 3.36. The molecule has 2 atom stereocenters. The standard InChI is InChI=1S/C25H31BN2O6/c1-26(32)28-16-8-13-22(28)24(30)27-21(25(31)34-18-20-11-6-3-7-12-20)14-15-23(29)33-17-19-9-4-2-5-10-19/h2-7,9-12,21-22,32H,8,13-18H2,1H3,(H,27,30)/t21-,22-/m0/s1. The first-order valence-corrected chi connectivity index (χ1v) is 11.6. The van der Waals surface area contributed by atoms with Gasteiger partial charge in [0.1, 0.15) is 19.3 Å². The molecule has 0 spiro atoms. The number of nitrogens with one attached hydrogen (secondary N) is 1. The predicted octanol–water partition coefficient (Wildman–Crippen LogP) is 2.31. The van der Waals surface area contributed by atoms with Gasteiger partial charge in [-0.3, -0.25) is 9.59 Å². The topological polar surface area (TPSA) is 105 Å². The van der Waals surface area contributed by atoms with Gasteiger partial charge in [-0.2, -0.15) is 0 Å². The fourth-order valence-electron chi connectivity index (χ4n) is 3.94. The van der Waals surface area contributed by atoms with Gasteiger partial charge in [0.15, 0.2) is 0 Å². The maximum absolute atomic E-state index is 12.9. The van der Waals surface area contributed by atoms with Crippen LogP contribution in [0.4, 0.5) is 0 Å². The van der Waals surface area contributed by atoms with Crippen LogP contribution >= 0.6 is 0 Å². The Balaban J connectivity index is 1.58. The van der Waals surface area contributed by atoms with Crippen LogP contribution in [0.5, 0.6) is 0 Å². The Morgan fingerprint density at radius 3 is 2.21 bits per heavy atom. The monoisotopic (exact) mass is 466 g/mol. The van der Waals surface area contributed by atoms with Gasteiger partial charge in [-0.05, 0) is 43.8 Å². The molecule has 0 bridgehead atoms. The summed E-state index contributed by atoms with van der Waals surface area (Å²) in [6.07, 6.45) is 1.36. The number of amides is 1. The number of hydrogen-bond acceptors (Lipinski definition) is 7. The summed E-state index contributed by atoms with van der Waals surface area (Å²) in [6, 6.07) is 17.0. The first-order valence-electron chi connectivity index (χ1n) is 11.6. The van der Waals surface area contributed by atoms with E-state index in [1.54, 1.807) is 11.6 Å². The van der Waals surface area contributed by atoms with Crippen molar-refractivity contribution in [1.29, 1.82) is 0 Å². The van der Waals surface area contributed by atoms with Crippen molar-refractivity contribution < 1.29 is 28.9 Å². The van der Waals surface area contributed by atoms with Gasteiger partial charge in [-0.1, -0.05) is 60.7 Å². The number of carbonyl (C=O) groups is 3. The third-order valence-electron chi connectivity index (χ3n) is 5.78. The summed E-state index contributed by atoms with van der Waals surface area (Å²) in [5, 5.41) is 12.7. The van der Waals surface area contributed by atoms with Gasteiger partial charge in [0.05, 0.1) is 6.04 Å². The SMILES string of the molecule is CB(O)N1CCC[C@H]1C(=O)N[C@@H](CCC(=O)OCc1ccccc1)C(=O)OCc1ccccc1. The minimum atomic E-state index is -1.00. The van der Waals surface area contributed by atoms with E-state index in [0.29, 0.717) is 13.0 Å². The Morgan fingerprint density at radius 2 is 1.62 bits per heavy atom. The van der Waals surface area contributed by atoms with E-state index in [1.807, 2.05) is 60.7 Å². The summed E-state index contributed by atoms with van der Waals surface area (Å²) in [4.78, 5) is 39.7. The second-order valence-electron chi connectivity index (χ2n) is 8.37. The lowest BCUT2D eigenvalue weighted by molar-refractivity contribution is -0.151. The van der Waals surface area contributed by atoms with E-state index in [-0.39, 0.29) is 32.0 Å². The summed E-state index contributed by atoms with van der Waals surface area (Å²) in [7, 11) is -0.769. The number of nitrogens with zero attached hydrogens (tertiary/aromatic N) is 1. The maximum Gasteiger partial charge on any atom is 0.377 e. The molecule has 1 heterocycles. The van der Waals surface area contributed by atoms with Gasteiger partial charge in [0.25, 0.3) is 0 Å². The molecule has 180 valence electrons. The van der Waals surface area contributed by atoms with E-state index in [0.717, 1.165) is 17.5 Å². The van der Waals surface area contributed by atoms with Crippen LogP contribution in [-0.4, -0.2) is 53.4 Å². The molecule has 1 fully saturated rings. The normalized spacial score (nSPS) is 16.5. The Kier molecular flexibility index (Phi) is 9.67. The van der Waals surface area contributed by atoms with Crippen molar-refractivity contribution in [3.05, 3.63) is 71.8 Å². The van der Waals surface area contributed by atoms with E-state index in [1.165, 1.54) is 0 Å². The maximum atomic E-state index is 12.9. The summed E-state index contributed by atoms with van der Waals surface area (Å²) >= 11 is 0. The van der Waals surface area contributed by atoms with Crippen LogP contribution in [0.2, 0.25) is 6.82 Å². The van der Waals surface area contributed by atoms with E-state index in [9.17, 15) is 19.4 Å². The lowest BCUT2D eigenvalue weighted by atomic mass is 9.84. The van der Waals surface area contributed by atoms with Gasteiger partial charge >= 0.3 is 19.0 Å². The Bertz CT molecular complexity index is 941. The van der Waals surface area contributed by atoms with Gasteiger partial charge in [0, 0.05) is 6.42 Å². The van der Waals surface area contributed by atoms with E-state index < -0.39 is 31.1 Å². The van der Waals surface area contributed by atoms with Crippen LogP contribution in [0.25, 0.3) is 0 Å². The van der Waals surface area contributed by atoms with Crippen LogP contribution in [0.3, 0.4) is 0 Å². The average molecular weight is 466 g/mol. The van der Waals surface area contributed by atoms with E-state index in [2.05, 4.69) is 5.32 Å². The zero-order valence-electron chi connectivity index (χ0n) is 19.4. The zero-order valence-corrected chi connectivity index (χ0v) is 19.4. The van der Waals surface area contributed by atoms with Crippen molar-refractivity contribution in [3.8, 4) is 0 Å². The molecule has 9 heteroatoms. The van der Waals surface area contributed by atoms with Crippen LogP contribution in [0, 0.1) is 0 Å². The molecule has 0 unspecified atom stereocenters. The molecule has 34 heavy (non-hydrogen) atoms. The number of benzene rings is 2. The minimum absolute atomic E-state index is 0.0500. The Hall–Kier alpha value is -3.17. The highest BCUT2D eigenvalue weighted by Gasteiger charge is 2.36. The molecule has 1 aliphatic heterocycles. The lowest BCUT2D eigenvalue weighted by Crippen LogP contribution is -2.53. The minimum Gasteiger partial charge on any atom is -0.461 e. The molecule has 8 nitrogen and oxygen atoms in total. The van der Waals surface area contributed by atoms with E-state index >= 15 is 0 Å². The van der Waals surface area contributed by atoms with Crippen molar-refractivity contribution in [2.45, 2.75) is 57.8 Å². The molecule has 3 rings (SSSR count). The fraction of sp³-hybridized carbons (Fsp3) is 0.400. The number of ether oxygens (including phenoxy) is 2. The second-order valence-corrected chi connectivity index (χ2v) is 8.37. The highest BCUT2D eigenvalue weighted by Crippen LogP contribution is 2.19. The second kappa shape index (κ2) is 12.9. The van der Waals surface area contributed by atoms with Gasteiger partial charge in [0.2, 0.25) is 5.91 Å². The molecule has 1 saturated heterocycles. The molecule has 2 N–H and O–H groups in total. The van der Waals surface area contributed by atoms with Crippen LogP contribution in [-0.2, 0) is 37.1 Å². The van der Waals surface area contributed by atoms with E-state index in [4.69, 9.17) is 9.47 Å².